The van der Waals surface area contributed by atoms with E-state index < -0.39 is 0 Å². The third-order valence-electron chi connectivity index (χ3n) is 7.21. The molecule has 3 saturated heterocycles. The predicted molar refractivity (Wildman–Crippen MR) is 107 cm³/mol. The maximum atomic E-state index is 13.3. The topological polar surface area (TPSA) is 45.2 Å². The average Bonchev–Trinajstić information content (AvgIpc) is 3.25. The first-order chi connectivity index (χ1) is 13.7. The molecule has 5 rings (SSSR count). The van der Waals surface area contributed by atoms with E-state index in [-0.39, 0.29) is 11.4 Å². The van der Waals surface area contributed by atoms with Gasteiger partial charge in [0.2, 0.25) is 0 Å². The first-order valence-corrected chi connectivity index (χ1v) is 10.7. The number of piperazine rings is 1. The maximum Gasteiger partial charge on any atom is 0.253 e. The maximum absolute atomic E-state index is 13.3. The van der Waals surface area contributed by atoms with Crippen molar-refractivity contribution in [1.82, 2.24) is 14.7 Å². The number of benzene rings is 1. The number of ether oxygens (including phenoxy) is 2. The van der Waals surface area contributed by atoms with Crippen molar-refractivity contribution >= 4 is 5.91 Å². The molecule has 0 aromatic heterocycles. The second-order valence-electron chi connectivity index (χ2n) is 8.90. The Labute approximate surface area is 167 Å². The van der Waals surface area contributed by atoms with Crippen LogP contribution >= 0.6 is 0 Å². The van der Waals surface area contributed by atoms with Crippen LogP contribution in [0.25, 0.3) is 0 Å². The van der Waals surface area contributed by atoms with Crippen LogP contribution in [0.3, 0.4) is 0 Å². The highest BCUT2D eigenvalue weighted by Gasteiger charge is 2.56. The van der Waals surface area contributed by atoms with Gasteiger partial charge < -0.3 is 14.4 Å². The molecular formula is C22H31N3O3. The van der Waals surface area contributed by atoms with Crippen molar-refractivity contribution in [1.29, 1.82) is 0 Å². The van der Waals surface area contributed by atoms with Crippen molar-refractivity contribution in [3.63, 3.8) is 0 Å². The van der Waals surface area contributed by atoms with Gasteiger partial charge in [0.1, 0.15) is 5.75 Å². The molecule has 4 aliphatic rings. The molecule has 0 bridgehead atoms. The first-order valence-electron chi connectivity index (χ1n) is 10.7. The number of nitrogens with zero attached hydrogens (tertiary/aromatic N) is 3. The van der Waals surface area contributed by atoms with Gasteiger partial charge in [0.25, 0.3) is 5.91 Å². The Bertz CT molecular complexity index is 710. The summed E-state index contributed by atoms with van der Waals surface area (Å²) in [6.45, 7) is 6.33. The van der Waals surface area contributed by atoms with Gasteiger partial charge in [0.05, 0.1) is 31.9 Å². The molecule has 1 unspecified atom stereocenters. The number of carbonyl (C=O) groups excluding carboxylic acids is 1. The molecule has 6 heteroatoms. The van der Waals surface area contributed by atoms with E-state index in [1.54, 1.807) is 7.11 Å². The summed E-state index contributed by atoms with van der Waals surface area (Å²) in [4.78, 5) is 20.7. The van der Waals surface area contributed by atoms with E-state index in [4.69, 9.17) is 9.47 Å². The minimum atomic E-state index is 0.109. The molecular weight excluding hydrogens is 354 g/mol. The molecule has 1 spiro atoms. The molecule has 1 saturated carbocycles. The Balaban J connectivity index is 1.34. The van der Waals surface area contributed by atoms with Crippen molar-refractivity contribution in [2.45, 2.75) is 43.3 Å². The van der Waals surface area contributed by atoms with Crippen LogP contribution in [0.1, 0.15) is 36.0 Å². The highest BCUT2D eigenvalue weighted by Crippen LogP contribution is 2.39. The van der Waals surface area contributed by atoms with E-state index >= 15 is 0 Å². The van der Waals surface area contributed by atoms with Crippen LogP contribution in [0.5, 0.6) is 5.75 Å². The largest absolute Gasteiger partial charge is 0.497 e. The summed E-state index contributed by atoms with van der Waals surface area (Å²) in [6.07, 6.45) is 5.43. The quantitative estimate of drug-likeness (QED) is 0.795. The van der Waals surface area contributed by atoms with Gasteiger partial charge >= 0.3 is 0 Å². The van der Waals surface area contributed by atoms with Crippen molar-refractivity contribution in [2.24, 2.45) is 0 Å². The monoisotopic (exact) mass is 385 g/mol. The predicted octanol–water partition coefficient (Wildman–Crippen LogP) is 1.85. The summed E-state index contributed by atoms with van der Waals surface area (Å²) in [7, 11) is 1.65. The van der Waals surface area contributed by atoms with Crippen molar-refractivity contribution in [3.8, 4) is 5.75 Å². The second kappa shape index (κ2) is 7.32. The number of carbonyl (C=O) groups is 1. The fourth-order valence-corrected chi connectivity index (χ4v) is 5.79. The number of hydrogen-bond acceptors (Lipinski definition) is 5. The van der Waals surface area contributed by atoms with E-state index in [9.17, 15) is 4.79 Å². The zero-order valence-corrected chi connectivity index (χ0v) is 16.8. The van der Waals surface area contributed by atoms with Crippen LogP contribution in [0.15, 0.2) is 24.3 Å². The smallest absolute Gasteiger partial charge is 0.253 e. The van der Waals surface area contributed by atoms with Crippen molar-refractivity contribution in [2.75, 3.05) is 53.0 Å². The summed E-state index contributed by atoms with van der Waals surface area (Å²) in [5.41, 5.74) is 0.852. The van der Waals surface area contributed by atoms with Gasteiger partial charge in [-0.3, -0.25) is 14.6 Å². The SMILES string of the molecule is COc1ccc(C(=O)N2CC3COCCN3C3(C2)CN(C2CCCC2)C3)cc1. The van der Waals surface area contributed by atoms with Crippen molar-refractivity contribution < 1.29 is 14.3 Å². The molecule has 152 valence electrons. The summed E-state index contributed by atoms with van der Waals surface area (Å²) >= 11 is 0. The van der Waals surface area contributed by atoms with Crippen molar-refractivity contribution in [3.05, 3.63) is 29.8 Å². The Morgan fingerprint density at radius 1 is 1.11 bits per heavy atom. The van der Waals surface area contributed by atoms with Gasteiger partial charge in [-0.05, 0) is 37.1 Å². The third kappa shape index (κ3) is 3.11. The van der Waals surface area contributed by atoms with E-state index in [0.29, 0.717) is 6.04 Å². The number of methoxy groups -OCH3 is 1. The van der Waals surface area contributed by atoms with Crippen LogP contribution < -0.4 is 4.74 Å². The minimum Gasteiger partial charge on any atom is -0.497 e. The number of fused-ring (bicyclic) bond motifs is 2. The minimum absolute atomic E-state index is 0.109. The number of hydrogen-bond donors (Lipinski definition) is 0. The van der Waals surface area contributed by atoms with Gasteiger partial charge in [0.15, 0.2) is 0 Å². The zero-order chi connectivity index (χ0) is 19.1. The van der Waals surface area contributed by atoms with Gasteiger partial charge in [-0.1, -0.05) is 12.8 Å². The summed E-state index contributed by atoms with van der Waals surface area (Å²) in [5.74, 6) is 0.913. The molecule has 1 aromatic rings. The first kappa shape index (κ1) is 18.4. The molecule has 3 aliphatic heterocycles. The lowest BCUT2D eigenvalue weighted by Gasteiger charge is -2.64. The molecule has 3 heterocycles. The second-order valence-corrected chi connectivity index (χ2v) is 8.90. The van der Waals surface area contributed by atoms with Gasteiger partial charge in [0, 0.05) is 44.3 Å². The van der Waals surface area contributed by atoms with E-state index in [2.05, 4.69) is 14.7 Å². The number of rotatable bonds is 3. The highest BCUT2D eigenvalue weighted by atomic mass is 16.5. The van der Waals surface area contributed by atoms with Gasteiger partial charge in [-0.25, -0.2) is 0 Å². The zero-order valence-electron chi connectivity index (χ0n) is 16.8. The van der Waals surface area contributed by atoms with E-state index in [0.717, 1.165) is 63.3 Å². The standard InChI is InChI=1S/C22H31N3O3/c1-27-20-8-6-17(7-9-20)21(26)23-12-19-13-28-11-10-25(19)22(14-23)15-24(16-22)18-4-2-3-5-18/h6-9,18-19H,2-5,10-16H2,1H3. The number of amides is 1. The summed E-state index contributed by atoms with van der Waals surface area (Å²) in [6, 6.07) is 8.57. The van der Waals surface area contributed by atoms with Crippen LogP contribution in [0.2, 0.25) is 0 Å². The van der Waals surface area contributed by atoms with E-state index in [1.807, 2.05) is 24.3 Å². The molecule has 1 aromatic carbocycles. The molecule has 1 atom stereocenters. The lowest BCUT2D eigenvalue weighted by atomic mass is 9.81. The third-order valence-corrected chi connectivity index (χ3v) is 7.21. The lowest BCUT2D eigenvalue weighted by molar-refractivity contribution is -0.165. The molecule has 0 N–H and O–H groups in total. The number of likely N-dealkylation sites (tertiary alicyclic amines) is 1. The van der Waals surface area contributed by atoms with Gasteiger partial charge in [-0.15, -0.1) is 0 Å². The molecule has 0 radical (unpaired) electrons. The Kier molecular flexibility index (Phi) is 4.81. The summed E-state index contributed by atoms with van der Waals surface area (Å²) in [5, 5.41) is 0. The van der Waals surface area contributed by atoms with Crippen LogP contribution in [0.4, 0.5) is 0 Å². The Hall–Kier alpha value is -1.63. The summed E-state index contributed by atoms with van der Waals surface area (Å²) < 4.78 is 11.0. The highest BCUT2D eigenvalue weighted by molar-refractivity contribution is 5.94. The normalized spacial score (nSPS) is 28.2. The fraction of sp³-hybridized carbons (Fsp3) is 0.682. The Morgan fingerprint density at radius 2 is 1.86 bits per heavy atom. The van der Waals surface area contributed by atoms with Crippen LogP contribution in [0, 0.1) is 0 Å². The number of morpholine rings is 1. The molecule has 6 nitrogen and oxygen atoms in total. The van der Waals surface area contributed by atoms with Gasteiger partial charge in [-0.2, -0.15) is 0 Å². The fourth-order valence-electron chi connectivity index (χ4n) is 5.79. The molecule has 1 amide bonds. The molecule has 4 fully saturated rings. The molecule has 28 heavy (non-hydrogen) atoms. The Morgan fingerprint density at radius 3 is 2.57 bits per heavy atom. The van der Waals surface area contributed by atoms with Crippen LogP contribution in [-0.2, 0) is 4.74 Å². The van der Waals surface area contributed by atoms with E-state index in [1.165, 1.54) is 25.7 Å². The average molecular weight is 386 g/mol. The molecule has 1 aliphatic carbocycles. The lowest BCUT2D eigenvalue weighted by Crippen LogP contribution is -2.81. The van der Waals surface area contributed by atoms with Crippen LogP contribution in [-0.4, -0.2) is 91.3 Å².